The van der Waals surface area contributed by atoms with Crippen LogP contribution in [0.15, 0.2) is 53.3 Å². The number of hydrazine groups is 1. The number of amides is 2. The number of carbonyl (C=O) groups is 2. The van der Waals surface area contributed by atoms with Crippen molar-refractivity contribution in [2.24, 2.45) is 0 Å². The average Bonchev–Trinajstić information content (AvgIpc) is 2.96. The van der Waals surface area contributed by atoms with E-state index >= 15 is 0 Å². The lowest BCUT2D eigenvalue weighted by molar-refractivity contribution is -0.128. The van der Waals surface area contributed by atoms with E-state index in [1.165, 1.54) is 15.5 Å². The maximum absolute atomic E-state index is 12.2. The zero-order valence-electron chi connectivity index (χ0n) is 14.0. The van der Waals surface area contributed by atoms with Gasteiger partial charge in [-0.05, 0) is 29.8 Å². The van der Waals surface area contributed by atoms with Crippen LogP contribution in [0.2, 0.25) is 0 Å². The lowest BCUT2D eigenvalue weighted by Crippen LogP contribution is -2.44. The normalized spacial score (nSPS) is 10.5. The van der Waals surface area contributed by atoms with E-state index in [0.29, 0.717) is 11.1 Å². The highest BCUT2D eigenvalue weighted by molar-refractivity contribution is 7.13. The molecule has 2 amide bonds. The SMILES string of the molecule is COc1ccc(CC(=O)NNC(=O)Cn2sc3ccccc3c2=O)cc1. The summed E-state index contributed by atoms with van der Waals surface area (Å²) in [5.41, 5.74) is 5.25. The summed E-state index contributed by atoms with van der Waals surface area (Å²) >= 11 is 1.21. The lowest BCUT2D eigenvalue weighted by Gasteiger charge is -2.08. The largest absolute Gasteiger partial charge is 0.497 e. The van der Waals surface area contributed by atoms with E-state index in [2.05, 4.69) is 10.9 Å². The van der Waals surface area contributed by atoms with Crippen LogP contribution in [0.3, 0.4) is 0 Å². The highest BCUT2D eigenvalue weighted by Crippen LogP contribution is 2.15. The first-order chi connectivity index (χ1) is 12.6. The van der Waals surface area contributed by atoms with E-state index in [-0.39, 0.29) is 24.4 Å². The molecule has 0 atom stereocenters. The minimum absolute atomic E-state index is 0.118. The molecule has 0 aliphatic carbocycles. The molecule has 0 saturated heterocycles. The molecule has 7 nitrogen and oxygen atoms in total. The third-order valence-electron chi connectivity index (χ3n) is 3.70. The molecule has 0 radical (unpaired) electrons. The molecule has 0 fully saturated rings. The molecular formula is C18H17N3O4S. The summed E-state index contributed by atoms with van der Waals surface area (Å²) in [7, 11) is 1.57. The first-order valence-electron chi connectivity index (χ1n) is 7.86. The number of ether oxygens (including phenoxy) is 1. The fraction of sp³-hybridized carbons (Fsp3) is 0.167. The molecule has 0 aliphatic rings. The van der Waals surface area contributed by atoms with Crippen LogP contribution >= 0.6 is 11.5 Å². The van der Waals surface area contributed by atoms with Crippen LogP contribution in [0.25, 0.3) is 10.1 Å². The number of carbonyl (C=O) groups excluding carboxylic acids is 2. The number of fused-ring (bicyclic) bond motifs is 1. The van der Waals surface area contributed by atoms with Gasteiger partial charge in [0.05, 0.1) is 23.6 Å². The number of nitrogens with zero attached hydrogens (tertiary/aromatic N) is 1. The van der Waals surface area contributed by atoms with Gasteiger partial charge in [-0.25, -0.2) is 0 Å². The summed E-state index contributed by atoms with van der Waals surface area (Å²) in [5.74, 6) is -0.120. The van der Waals surface area contributed by atoms with Gasteiger partial charge >= 0.3 is 0 Å². The number of methoxy groups -OCH3 is 1. The molecule has 0 saturated carbocycles. The van der Waals surface area contributed by atoms with Gasteiger partial charge in [0.1, 0.15) is 12.3 Å². The molecule has 0 bridgehead atoms. The van der Waals surface area contributed by atoms with Crippen molar-refractivity contribution >= 4 is 33.4 Å². The molecule has 0 aliphatic heterocycles. The van der Waals surface area contributed by atoms with Crippen molar-refractivity contribution in [3.05, 3.63) is 64.4 Å². The van der Waals surface area contributed by atoms with Crippen molar-refractivity contribution in [1.82, 2.24) is 14.8 Å². The van der Waals surface area contributed by atoms with Crippen LogP contribution in [0, 0.1) is 0 Å². The Kier molecular flexibility index (Phi) is 5.33. The Morgan fingerprint density at radius 2 is 1.73 bits per heavy atom. The second-order valence-electron chi connectivity index (χ2n) is 5.55. The summed E-state index contributed by atoms with van der Waals surface area (Å²) in [5, 5.41) is 0.578. The van der Waals surface area contributed by atoms with Crippen molar-refractivity contribution in [2.45, 2.75) is 13.0 Å². The summed E-state index contributed by atoms with van der Waals surface area (Å²) in [6.45, 7) is -0.152. The summed E-state index contributed by atoms with van der Waals surface area (Å²) in [6.07, 6.45) is 0.118. The van der Waals surface area contributed by atoms with Crippen molar-refractivity contribution in [1.29, 1.82) is 0 Å². The third-order valence-corrected chi connectivity index (χ3v) is 4.77. The second kappa shape index (κ2) is 7.83. The quantitative estimate of drug-likeness (QED) is 0.665. The predicted molar refractivity (Wildman–Crippen MR) is 99.1 cm³/mol. The first-order valence-corrected chi connectivity index (χ1v) is 8.63. The molecule has 0 unspecified atom stereocenters. The number of aromatic nitrogens is 1. The lowest BCUT2D eigenvalue weighted by atomic mass is 10.1. The summed E-state index contributed by atoms with van der Waals surface area (Å²) < 4.78 is 7.23. The van der Waals surface area contributed by atoms with Crippen molar-refractivity contribution in [3.63, 3.8) is 0 Å². The summed E-state index contributed by atoms with van der Waals surface area (Å²) in [6, 6.07) is 14.2. The third kappa shape index (κ3) is 4.09. The summed E-state index contributed by atoms with van der Waals surface area (Å²) in [4.78, 5) is 36.1. The smallest absolute Gasteiger partial charge is 0.269 e. The van der Waals surface area contributed by atoms with E-state index in [9.17, 15) is 14.4 Å². The molecule has 2 N–H and O–H groups in total. The molecule has 3 rings (SSSR count). The van der Waals surface area contributed by atoms with Crippen molar-refractivity contribution < 1.29 is 14.3 Å². The van der Waals surface area contributed by atoms with E-state index in [4.69, 9.17) is 4.74 Å². The number of rotatable bonds is 5. The van der Waals surface area contributed by atoms with Gasteiger partial charge in [0.25, 0.3) is 11.5 Å². The Balaban J connectivity index is 1.53. The van der Waals surface area contributed by atoms with Gasteiger partial charge in [0.15, 0.2) is 0 Å². The van der Waals surface area contributed by atoms with Crippen LogP contribution < -0.4 is 21.1 Å². The van der Waals surface area contributed by atoms with Crippen LogP contribution in [0.1, 0.15) is 5.56 Å². The Bertz CT molecular complexity index is 992. The Morgan fingerprint density at radius 3 is 2.42 bits per heavy atom. The average molecular weight is 371 g/mol. The number of hydrogen-bond acceptors (Lipinski definition) is 5. The molecule has 26 heavy (non-hydrogen) atoms. The van der Waals surface area contributed by atoms with Gasteiger partial charge in [-0.3, -0.25) is 29.2 Å². The minimum Gasteiger partial charge on any atom is -0.497 e. The monoisotopic (exact) mass is 371 g/mol. The van der Waals surface area contributed by atoms with Crippen LogP contribution in [-0.2, 0) is 22.6 Å². The maximum atomic E-state index is 12.2. The Hall–Kier alpha value is -3.13. The highest BCUT2D eigenvalue weighted by Gasteiger charge is 2.11. The molecule has 1 aromatic heterocycles. The fourth-order valence-corrected chi connectivity index (χ4v) is 3.40. The number of nitrogens with one attached hydrogen (secondary N) is 2. The van der Waals surface area contributed by atoms with Crippen molar-refractivity contribution in [2.75, 3.05) is 7.11 Å². The van der Waals surface area contributed by atoms with Gasteiger partial charge in [-0.2, -0.15) is 0 Å². The molecule has 8 heteroatoms. The maximum Gasteiger partial charge on any atom is 0.269 e. The molecule has 134 valence electrons. The molecule has 3 aromatic rings. The van der Waals surface area contributed by atoms with Gasteiger partial charge in [0.2, 0.25) is 5.91 Å². The predicted octanol–water partition coefficient (Wildman–Crippen LogP) is 1.46. The molecular weight excluding hydrogens is 354 g/mol. The standard InChI is InChI=1S/C18H17N3O4S/c1-25-13-8-6-12(7-9-13)10-16(22)19-20-17(23)11-21-18(24)14-4-2-3-5-15(14)26-21/h2-9H,10-11H2,1H3,(H,19,22)(H,20,23). The van der Waals surface area contributed by atoms with E-state index in [1.54, 1.807) is 43.5 Å². The highest BCUT2D eigenvalue weighted by atomic mass is 32.1. The van der Waals surface area contributed by atoms with Crippen LogP contribution in [0.5, 0.6) is 5.75 Å². The van der Waals surface area contributed by atoms with E-state index in [0.717, 1.165) is 10.3 Å². The number of hydrogen-bond donors (Lipinski definition) is 2. The van der Waals surface area contributed by atoms with Crippen LogP contribution in [-0.4, -0.2) is 22.9 Å². The van der Waals surface area contributed by atoms with Gasteiger partial charge in [0, 0.05) is 0 Å². The topological polar surface area (TPSA) is 89.4 Å². The Labute approximate surface area is 153 Å². The van der Waals surface area contributed by atoms with E-state index in [1.807, 2.05) is 12.1 Å². The fourth-order valence-electron chi connectivity index (χ4n) is 2.40. The minimum atomic E-state index is -0.471. The van der Waals surface area contributed by atoms with Crippen LogP contribution in [0.4, 0.5) is 0 Å². The van der Waals surface area contributed by atoms with Gasteiger partial charge < -0.3 is 4.74 Å². The van der Waals surface area contributed by atoms with E-state index < -0.39 is 5.91 Å². The zero-order valence-corrected chi connectivity index (χ0v) is 14.8. The second-order valence-corrected chi connectivity index (χ2v) is 6.61. The number of benzene rings is 2. The van der Waals surface area contributed by atoms with Crippen molar-refractivity contribution in [3.8, 4) is 5.75 Å². The molecule has 0 spiro atoms. The zero-order chi connectivity index (χ0) is 18.5. The molecule has 2 aromatic carbocycles. The first kappa shape index (κ1) is 17.7. The van der Waals surface area contributed by atoms with Gasteiger partial charge in [-0.15, -0.1) is 0 Å². The molecule has 1 heterocycles. The van der Waals surface area contributed by atoms with Gasteiger partial charge in [-0.1, -0.05) is 35.8 Å². The Morgan fingerprint density at radius 1 is 1.04 bits per heavy atom.